The largest absolute Gasteiger partial charge is 0.227 e. The van der Waals surface area contributed by atoms with Crippen LogP contribution in [0.15, 0.2) is 48.7 Å². The molecule has 4 rings (SSSR count). The van der Waals surface area contributed by atoms with E-state index in [0.29, 0.717) is 11.1 Å². The number of aromatic nitrogens is 2. The van der Waals surface area contributed by atoms with Crippen molar-refractivity contribution in [2.24, 2.45) is 0 Å². The minimum atomic E-state index is -4.16. The Labute approximate surface area is 171 Å². The monoisotopic (exact) mass is 452 g/mol. The van der Waals surface area contributed by atoms with Crippen molar-refractivity contribution in [1.82, 2.24) is 8.75 Å². The predicted octanol–water partition coefficient (Wildman–Crippen LogP) is 4.13. The highest BCUT2D eigenvalue weighted by Gasteiger charge is 2.42. The molecule has 0 amide bonds. The van der Waals surface area contributed by atoms with Crippen molar-refractivity contribution in [3.8, 4) is 0 Å². The van der Waals surface area contributed by atoms with Gasteiger partial charge in [-0.25, -0.2) is 16.8 Å². The molecule has 10 heteroatoms. The number of sulfone groups is 2. The lowest BCUT2D eigenvalue weighted by atomic mass is 10.2. The summed E-state index contributed by atoms with van der Waals surface area (Å²) in [6.07, 6.45) is 2.48. The van der Waals surface area contributed by atoms with Gasteiger partial charge in [0.1, 0.15) is 5.25 Å². The quantitative estimate of drug-likeness (QED) is 0.452. The Kier molecular flexibility index (Phi) is 4.77. The van der Waals surface area contributed by atoms with Crippen LogP contribution in [0.3, 0.4) is 0 Å². The molecule has 0 bridgehead atoms. The number of nitrogens with zero attached hydrogens (tertiary/aromatic N) is 2. The highest BCUT2D eigenvalue weighted by atomic mass is 32.3. The molecule has 0 N–H and O–H groups in total. The van der Waals surface area contributed by atoms with Gasteiger partial charge in [0.25, 0.3) is 0 Å². The van der Waals surface area contributed by atoms with Gasteiger partial charge >= 0.3 is 0 Å². The molecule has 2 unspecified atom stereocenters. The topological polar surface area (TPSA) is 94.1 Å². The van der Waals surface area contributed by atoms with E-state index in [0.717, 1.165) is 21.0 Å². The molecule has 2 atom stereocenters. The highest BCUT2D eigenvalue weighted by Crippen LogP contribution is 2.42. The number of rotatable bonds is 5. The lowest BCUT2D eigenvalue weighted by Crippen LogP contribution is -2.26. The summed E-state index contributed by atoms with van der Waals surface area (Å²) in [6, 6.07) is 12.3. The molecule has 0 radical (unpaired) electrons. The Morgan fingerprint density at radius 2 is 1.57 bits per heavy atom. The molecule has 2 aromatic carbocycles. The van der Waals surface area contributed by atoms with Gasteiger partial charge < -0.3 is 0 Å². The van der Waals surface area contributed by atoms with E-state index in [1.165, 1.54) is 36.2 Å². The Bertz CT molecular complexity index is 1390. The molecule has 6 nitrogen and oxygen atoms in total. The van der Waals surface area contributed by atoms with Crippen LogP contribution in [0.25, 0.3) is 20.2 Å². The second-order valence-corrected chi connectivity index (χ2v) is 13.0. The fourth-order valence-corrected chi connectivity index (χ4v) is 9.46. The zero-order chi connectivity index (χ0) is 20.1. The Balaban J connectivity index is 1.92. The Hall–Kier alpha value is -1.88. The van der Waals surface area contributed by atoms with Crippen LogP contribution >= 0.6 is 23.1 Å². The maximum Gasteiger partial charge on any atom is 0.188 e. The molecule has 4 aromatic rings. The van der Waals surface area contributed by atoms with Gasteiger partial charge in [0.05, 0.1) is 15.1 Å². The van der Waals surface area contributed by atoms with E-state index in [-0.39, 0.29) is 5.56 Å². The normalized spacial score (nSPS) is 15.1. The molecule has 0 aliphatic rings. The van der Waals surface area contributed by atoms with Crippen molar-refractivity contribution < 1.29 is 16.8 Å². The molecular formula is C18H16N2O4S4. The van der Waals surface area contributed by atoms with Crippen LogP contribution in [0.2, 0.25) is 0 Å². The third kappa shape index (κ3) is 3.14. The molecule has 0 aliphatic heterocycles. The first-order valence-corrected chi connectivity index (χ1v) is 13.4. The number of hydrogen-bond donors (Lipinski definition) is 0. The zero-order valence-electron chi connectivity index (χ0n) is 14.9. The van der Waals surface area contributed by atoms with Gasteiger partial charge in [-0.3, -0.25) is 0 Å². The van der Waals surface area contributed by atoms with Gasteiger partial charge in [-0.05, 0) is 47.7 Å². The summed E-state index contributed by atoms with van der Waals surface area (Å²) >= 11 is 2.40. The van der Waals surface area contributed by atoms with Crippen LogP contribution in [-0.4, -0.2) is 31.8 Å². The summed E-state index contributed by atoms with van der Waals surface area (Å²) in [4.78, 5) is 0. The summed E-state index contributed by atoms with van der Waals surface area (Å²) < 4.78 is 60.8. The van der Waals surface area contributed by atoms with Crippen molar-refractivity contribution >= 4 is 62.9 Å². The SMILES string of the molecule is CC(c1nsc2ccccc12)S(=O)(=O)C(c1cccc2sncc12)S(C)(=O)=O. The van der Waals surface area contributed by atoms with E-state index in [2.05, 4.69) is 8.75 Å². The van der Waals surface area contributed by atoms with Crippen molar-refractivity contribution in [1.29, 1.82) is 0 Å². The lowest BCUT2D eigenvalue weighted by Gasteiger charge is -2.21. The average Bonchev–Trinajstić information content (AvgIpc) is 3.27. The maximum atomic E-state index is 13.6. The molecule has 146 valence electrons. The van der Waals surface area contributed by atoms with E-state index in [9.17, 15) is 16.8 Å². The fraction of sp³-hybridized carbons (Fsp3) is 0.222. The van der Waals surface area contributed by atoms with Crippen molar-refractivity contribution in [3.63, 3.8) is 0 Å². The molecule has 0 aliphatic carbocycles. The van der Waals surface area contributed by atoms with Crippen molar-refractivity contribution in [2.45, 2.75) is 16.8 Å². The Morgan fingerprint density at radius 1 is 0.893 bits per heavy atom. The van der Waals surface area contributed by atoms with Gasteiger partial charge in [0.2, 0.25) is 0 Å². The Morgan fingerprint density at radius 3 is 2.32 bits per heavy atom. The summed E-state index contributed by atoms with van der Waals surface area (Å²) in [5, 5.41) is 0.193. The summed E-state index contributed by atoms with van der Waals surface area (Å²) in [5.41, 5.74) is 0.616. The minimum Gasteiger partial charge on any atom is -0.227 e. The van der Waals surface area contributed by atoms with E-state index < -0.39 is 29.5 Å². The van der Waals surface area contributed by atoms with Crippen LogP contribution in [-0.2, 0) is 19.7 Å². The third-order valence-electron chi connectivity index (χ3n) is 4.66. The molecule has 2 heterocycles. The molecule has 2 aromatic heterocycles. The zero-order valence-corrected chi connectivity index (χ0v) is 18.2. The van der Waals surface area contributed by atoms with E-state index in [1.54, 1.807) is 24.3 Å². The van der Waals surface area contributed by atoms with E-state index in [1.807, 2.05) is 18.2 Å². The lowest BCUT2D eigenvalue weighted by molar-refractivity contribution is 0.572. The molecule has 28 heavy (non-hydrogen) atoms. The third-order valence-corrected chi connectivity index (χ3v) is 11.2. The molecular weight excluding hydrogens is 436 g/mol. The summed E-state index contributed by atoms with van der Waals surface area (Å²) in [6.45, 7) is 1.50. The van der Waals surface area contributed by atoms with Gasteiger partial charge in [-0.1, -0.05) is 30.3 Å². The van der Waals surface area contributed by atoms with Gasteiger partial charge in [0, 0.05) is 23.2 Å². The molecule has 0 spiro atoms. The summed E-state index contributed by atoms with van der Waals surface area (Å²) in [5.74, 6) is 0. The average molecular weight is 453 g/mol. The van der Waals surface area contributed by atoms with Gasteiger partial charge in [-0.2, -0.15) is 8.75 Å². The second kappa shape index (κ2) is 6.87. The van der Waals surface area contributed by atoms with E-state index in [4.69, 9.17) is 0 Å². The molecule has 0 saturated carbocycles. The van der Waals surface area contributed by atoms with Crippen LogP contribution in [0.1, 0.15) is 28.0 Å². The molecule has 0 fully saturated rings. The molecule has 0 saturated heterocycles. The first-order valence-electron chi connectivity index (χ1n) is 8.30. The maximum absolute atomic E-state index is 13.6. The number of hydrogen-bond acceptors (Lipinski definition) is 8. The van der Waals surface area contributed by atoms with Crippen LogP contribution in [0.5, 0.6) is 0 Å². The standard InChI is InChI=1S/C18H16N2O4S4/c1-11(17-13-6-3-4-8-15(13)26-20-17)28(23,24)18(27(2,21)22)12-7-5-9-16-14(12)10-19-25-16/h3-11,18H,1-2H3. The first kappa shape index (κ1) is 19.4. The highest BCUT2D eigenvalue weighted by molar-refractivity contribution is 8.08. The second-order valence-electron chi connectivity index (χ2n) is 6.54. The van der Waals surface area contributed by atoms with Crippen LogP contribution in [0.4, 0.5) is 0 Å². The van der Waals surface area contributed by atoms with Crippen molar-refractivity contribution in [2.75, 3.05) is 6.26 Å². The van der Waals surface area contributed by atoms with Crippen LogP contribution in [0, 0.1) is 0 Å². The van der Waals surface area contributed by atoms with Gasteiger partial charge in [-0.15, -0.1) is 0 Å². The number of fused-ring (bicyclic) bond motifs is 2. The fourth-order valence-electron chi connectivity index (χ4n) is 3.31. The number of benzene rings is 2. The van der Waals surface area contributed by atoms with Crippen LogP contribution < -0.4 is 0 Å². The smallest absolute Gasteiger partial charge is 0.188 e. The van der Waals surface area contributed by atoms with Gasteiger partial charge in [0.15, 0.2) is 24.3 Å². The summed E-state index contributed by atoms with van der Waals surface area (Å²) in [7, 11) is -8.13. The minimum absolute atomic E-state index is 0.236. The first-order chi connectivity index (χ1) is 13.2. The van der Waals surface area contributed by atoms with Crippen molar-refractivity contribution in [3.05, 3.63) is 59.9 Å². The van der Waals surface area contributed by atoms with E-state index >= 15 is 0 Å². The predicted molar refractivity (Wildman–Crippen MR) is 114 cm³/mol.